The van der Waals surface area contributed by atoms with E-state index in [0.717, 1.165) is 37.4 Å². The van der Waals surface area contributed by atoms with Crippen LogP contribution in [0.25, 0.3) is 0 Å². The number of methoxy groups -OCH3 is 1. The predicted octanol–water partition coefficient (Wildman–Crippen LogP) is 1.67. The fraction of sp³-hybridized carbons (Fsp3) is 0.588. The van der Waals surface area contributed by atoms with Crippen LogP contribution in [-0.4, -0.2) is 50.7 Å². The van der Waals surface area contributed by atoms with E-state index in [1.807, 2.05) is 43.1 Å². The Balaban J connectivity index is 1.81. The number of nitrogens with zero attached hydrogens (tertiary/aromatic N) is 1. The lowest BCUT2D eigenvalue weighted by Gasteiger charge is -2.21. The molecule has 122 valence electrons. The van der Waals surface area contributed by atoms with E-state index in [4.69, 9.17) is 9.47 Å². The Bertz CT molecular complexity index is 493. The van der Waals surface area contributed by atoms with E-state index in [2.05, 4.69) is 5.32 Å². The molecule has 0 aromatic heterocycles. The van der Waals surface area contributed by atoms with Crippen LogP contribution in [0.15, 0.2) is 24.3 Å². The maximum Gasteiger partial charge on any atom is 0.251 e. The molecule has 1 N–H and O–H groups in total. The van der Waals surface area contributed by atoms with Crippen LogP contribution in [-0.2, 0) is 16.1 Å². The summed E-state index contributed by atoms with van der Waals surface area (Å²) in [5, 5.41) is 3.17. The first-order valence-corrected chi connectivity index (χ1v) is 7.82. The lowest BCUT2D eigenvalue weighted by molar-refractivity contribution is -0.142. The minimum atomic E-state index is -0.417. The first kappa shape index (κ1) is 16.8. The molecule has 1 aliphatic heterocycles. The molecule has 1 saturated heterocycles. The first-order valence-electron chi connectivity index (χ1n) is 7.82. The van der Waals surface area contributed by atoms with Gasteiger partial charge in [0.1, 0.15) is 11.9 Å². The summed E-state index contributed by atoms with van der Waals surface area (Å²) in [6.45, 7) is 4.86. The van der Waals surface area contributed by atoms with E-state index in [1.165, 1.54) is 0 Å². The maximum atomic E-state index is 12.4. The molecule has 1 aromatic carbocycles. The molecule has 0 saturated carbocycles. The smallest absolute Gasteiger partial charge is 0.251 e. The highest BCUT2D eigenvalue weighted by molar-refractivity contribution is 5.80. The molecule has 0 aliphatic carbocycles. The van der Waals surface area contributed by atoms with Gasteiger partial charge in [-0.25, -0.2) is 0 Å². The van der Waals surface area contributed by atoms with E-state index in [0.29, 0.717) is 12.5 Å². The molecule has 1 amide bonds. The summed E-state index contributed by atoms with van der Waals surface area (Å²) >= 11 is 0. The van der Waals surface area contributed by atoms with Crippen LogP contribution in [0.1, 0.15) is 18.9 Å². The molecule has 5 nitrogen and oxygen atoms in total. The second-order valence-electron chi connectivity index (χ2n) is 5.80. The third-order valence-corrected chi connectivity index (χ3v) is 4.07. The highest BCUT2D eigenvalue weighted by Gasteiger charge is 2.28. The molecule has 5 heteroatoms. The lowest BCUT2D eigenvalue weighted by Crippen LogP contribution is -2.38. The van der Waals surface area contributed by atoms with Gasteiger partial charge in [0.15, 0.2) is 0 Å². The van der Waals surface area contributed by atoms with Gasteiger partial charge in [-0.2, -0.15) is 0 Å². The second-order valence-corrected chi connectivity index (χ2v) is 5.80. The highest BCUT2D eigenvalue weighted by atomic mass is 16.5. The number of carbonyl (C=O) groups excluding carboxylic acids is 1. The Morgan fingerprint density at radius 3 is 3.05 bits per heavy atom. The number of carbonyl (C=O) groups is 1. The van der Waals surface area contributed by atoms with Crippen molar-refractivity contribution in [2.75, 3.05) is 33.8 Å². The molecule has 0 bridgehead atoms. The zero-order valence-corrected chi connectivity index (χ0v) is 13.7. The number of likely N-dealkylation sites (tertiary alicyclic amines) is 1. The van der Waals surface area contributed by atoms with Crippen LogP contribution in [0.5, 0.6) is 5.75 Å². The van der Waals surface area contributed by atoms with Crippen LogP contribution in [0.2, 0.25) is 0 Å². The molecule has 1 heterocycles. The summed E-state index contributed by atoms with van der Waals surface area (Å²) in [6.07, 6.45) is 0.648. The number of rotatable bonds is 7. The van der Waals surface area contributed by atoms with Crippen molar-refractivity contribution in [3.8, 4) is 5.75 Å². The zero-order chi connectivity index (χ0) is 15.9. The standard InChI is InChI=1S/C17H26N2O3/c1-13(17(20)19-8-7-15(11-19)10-18-2)22-12-14-5-4-6-16(9-14)21-3/h4-6,9,13,15,18H,7-8,10-12H2,1-3H3. The van der Waals surface area contributed by atoms with Gasteiger partial charge in [0.2, 0.25) is 0 Å². The van der Waals surface area contributed by atoms with Crippen molar-refractivity contribution in [2.45, 2.75) is 26.1 Å². The fourth-order valence-electron chi connectivity index (χ4n) is 2.80. The Morgan fingerprint density at radius 2 is 2.32 bits per heavy atom. The molecule has 2 unspecified atom stereocenters. The fourth-order valence-corrected chi connectivity index (χ4v) is 2.80. The Morgan fingerprint density at radius 1 is 1.50 bits per heavy atom. The Labute approximate surface area is 132 Å². The molecule has 0 spiro atoms. The topological polar surface area (TPSA) is 50.8 Å². The van der Waals surface area contributed by atoms with E-state index in [-0.39, 0.29) is 5.91 Å². The van der Waals surface area contributed by atoms with Gasteiger partial charge < -0.3 is 19.7 Å². The first-order chi connectivity index (χ1) is 10.6. The molecular weight excluding hydrogens is 280 g/mol. The van der Waals surface area contributed by atoms with Gasteiger partial charge in [0.25, 0.3) is 5.91 Å². The van der Waals surface area contributed by atoms with Crippen LogP contribution >= 0.6 is 0 Å². The van der Waals surface area contributed by atoms with E-state index < -0.39 is 6.10 Å². The zero-order valence-electron chi connectivity index (χ0n) is 13.7. The van der Waals surface area contributed by atoms with Crippen LogP contribution < -0.4 is 10.1 Å². The van der Waals surface area contributed by atoms with Gasteiger partial charge in [-0.05, 0) is 50.6 Å². The van der Waals surface area contributed by atoms with Crippen molar-refractivity contribution in [2.24, 2.45) is 5.92 Å². The third-order valence-electron chi connectivity index (χ3n) is 4.07. The molecule has 22 heavy (non-hydrogen) atoms. The van der Waals surface area contributed by atoms with E-state index in [1.54, 1.807) is 7.11 Å². The van der Waals surface area contributed by atoms with Crippen LogP contribution in [0.4, 0.5) is 0 Å². The van der Waals surface area contributed by atoms with Crippen LogP contribution in [0, 0.1) is 5.92 Å². The summed E-state index contributed by atoms with van der Waals surface area (Å²) < 4.78 is 10.9. The molecule has 1 aromatic rings. The van der Waals surface area contributed by atoms with Crippen molar-refractivity contribution in [1.82, 2.24) is 10.2 Å². The van der Waals surface area contributed by atoms with Gasteiger partial charge in [-0.3, -0.25) is 4.79 Å². The van der Waals surface area contributed by atoms with Gasteiger partial charge in [0.05, 0.1) is 13.7 Å². The van der Waals surface area contributed by atoms with Crippen molar-refractivity contribution in [3.63, 3.8) is 0 Å². The van der Waals surface area contributed by atoms with Gasteiger partial charge in [-0.1, -0.05) is 12.1 Å². The van der Waals surface area contributed by atoms with Crippen molar-refractivity contribution in [1.29, 1.82) is 0 Å². The third kappa shape index (κ3) is 4.45. The summed E-state index contributed by atoms with van der Waals surface area (Å²) in [5.41, 5.74) is 1.01. The average Bonchev–Trinajstić information content (AvgIpc) is 3.01. The van der Waals surface area contributed by atoms with E-state index >= 15 is 0 Å². The molecular formula is C17H26N2O3. The SMILES string of the molecule is CNCC1CCN(C(=O)C(C)OCc2cccc(OC)c2)C1. The quantitative estimate of drug-likeness (QED) is 0.832. The molecule has 2 rings (SSSR count). The summed E-state index contributed by atoms with van der Waals surface area (Å²) in [7, 11) is 3.59. The van der Waals surface area contributed by atoms with Gasteiger partial charge >= 0.3 is 0 Å². The molecule has 0 radical (unpaired) electrons. The van der Waals surface area contributed by atoms with Crippen LogP contribution in [0.3, 0.4) is 0 Å². The largest absolute Gasteiger partial charge is 0.497 e. The predicted molar refractivity (Wildman–Crippen MR) is 85.9 cm³/mol. The summed E-state index contributed by atoms with van der Waals surface area (Å²) in [6, 6.07) is 7.71. The van der Waals surface area contributed by atoms with Crippen molar-refractivity contribution in [3.05, 3.63) is 29.8 Å². The number of benzene rings is 1. The number of hydrogen-bond acceptors (Lipinski definition) is 4. The normalized spacial score (nSPS) is 19.2. The summed E-state index contributed by atoms with van der Waals surface area (Å²) in [5.74, 6) is 1.44. The molecule has 1 aliphatic rings. The molecule has 1 fully saturated rings. The average molecular weight is 306 g/mol. The highest BCUT2D eigenvalue weighted by Crippen LogP contribution is 2.18. The Kier molecular flexibility index (Phi) is 6.21. The summed E-state index contributed by atoms with van der Waals surface area (Å²) in [4.78, 5) is 14.3. The number of amides is 1. The lowest BCUT2D eigenvalue weighted by atomic mass is 10.1. The van der Waals surface area contributed by atoms with Gasteiger partial charge in [0, 0.05) is 13.1 Å². The van der Waals surface area contributed by atoms with Crippen molar-refractivity contribution < 1.29 is 14.3 Å². The minimum Gasteiger partial charge on any atom is -0.497 e. The monoisotopic (exact) mass is 306 g/mol. The maximum absolute atomic E-state index is 12.4. The molecule has 2 atom stereocenters. The number of ether oxygens (including phenoxy) is 2. The van der Waals surface area contributed by atoms with E-state index in [9.17, 15) is 4.79 Å². The Hall–Kier alpha value is -1.59. The van der Waals surface area contributed by atoms with Gasteiger partial charge in [-0.15, -0.1) is 0 Å². The number of hydrogen-bond donors (Lipinski definition) is 1. The second kappa shape index (κ2) is 8.15. The number of nitrogens with one attached hydrogen (secondary N) is 1. The van der Waals surface area contributed by atoms with Crippen molar-refractivity contribution >= 4 is 5.91 Å². The minimum absolute atomic E-state index is 0.0847.